The fraction of sp³-hybridized carbons (Fsp3) is 0.364. The molecule has 7 nitrogen and oxygen atoms in total. The second-order valence-electron chi connectivity index (χ2n) is 7.67. The van der Waals surface area contributed by atoms with Crippen LogP contribution in [-0.4, -0.2) is 38.7 Å². The molecule has 9 heteroatoms. The molecule has 0 saturated heterocycles. The Kier molecular flexibility index (Phi) is 9.33. The molecule has 0 bridgehead atoms. The Labute approximate surface area is 199 Å². The van der Waals surface area contributed by atoms with Gasteiger partial charge >= 0.3 is 0 Å². The maximum atomic E-state index is 12.3. The maximum absolute atomic E-state index is 12.3. The number of carbonyl (C=O) groups is 2. The van der Waals surface area contributed by atoms with E-state index in [0.29, 0.717) is 34.7 Å². The summed E-state index contributed by atoms with van der Waals surface area (Å²) in [5.41, 5.74) is 6.21. The third-order valence-electron chi connectivity index (χ3n) is 4.21. The normalized spacial score (nSPS) is 11.0. The van der Waals surface area contributed by atoms with Crippen molar-refractivity contribution in [3.05, 3.63) is 56.5 Å². The zero-order valence-corrected chi connectivity index (χ0v) is 21.1. The molecule has 0 radical (unpaired) electrons. The van der Waals surface area contributed by atoms with Crippen LogP contribution < -0.4 is 20.3 Å². The highest BCUT2D eigenvalue weighted by Gasteiger charge is 2.16. The molecule has 0 aromatic heterocycles. The van der Waals surface area contributed by atoms with Crippen LogP contribution in [0.4, 0.5) is 0 Å². The molecule has 2 rings (SSSR count). The van der Waals surface area contributed by atoms with Gasteiger partial charge in [-0.25, -0.2) is 0 Å². The largest absolute Gasteiger partial charge is 0.490 e. The number of hydrogen-bond donors (Lipinski definition) is 2. The van der Waals surface area contributed by atoms with E-state index >= 15 is 0 Å². The van der Waals surface area contributed by atoms with Crippen LogP contribution >= 0.6 is 31.9 Å². The minimum atomic E-state index is -0.487. The number of methoxy groups -OCH3 is 1. The highest BCUT2D eigenvalue weighted by molar-refractivity contribution is 9.10. The molecule has 0 heterocycles. The molecule has 0 aliphatic rings. The Bertz CT molecular complexity index is 929. The van der Waals surface area contributed by atoms with Crippen LogP contribution in [0.1, 0.15) is 36.7 Å². The molecule has 0 aliphatic heterocycles. The Hall–Kier alpha value is -2.10. The molecular weight excluding hydrogens is 532 g/mol. The molecule has 0 unspecified atom stereocenters. The molecule has 2 N–H and O–H groups in total. The van der Waals surface area contributed by atoms with E-state index in [1.54, 1.807) is 25.3 Å². The predicted octanol–water partition coefficient (Wildman–Crippen LogP) is 4.37. The Morgan fingerprint density at radius 2 is 1.55 bits per heavy atom. The van der Waals surface area contributed by atoms with Crippen molar-refractivity contribution in [3.63, 3.8) is 0 Å². The number of halogens is 2. The van der Waals surface area contributed by atoms with Gasteiger partial charge in [0.2, 0.25) is 0 Å². The van der Waals surface area contributed by atoms with Gasteiger partial charge in [0, 0.05) is 12.7 Å². The minimum absolute atomic E-state index is 0.00590. The third-order valence-corrected chi connectivity index (χ3v) is 5.45. The first kappa shape index (κ1) is 25.2. The van der Waals surface area contributed by atoms with Gasteiger partial charge in [-0.1, -0.05) is 26.8 Å². The van der Waals surface area contributed by atoms with Gasteiger partial charge in [-0.15, -0.1) is 0 Å². The molecule has 2 aromatic rings. The Balaban J connectivity index is 1.84. The molecular formula is C22H26Br2N2O5. The van der Waals surface area contributed by atoms with Gasteiger partial charge in [0.15, 0.2) is 6.61 Å². The van der Waals surface area contributed by atoms with Crippen molar-refractivity contribution in [1.29, 1.82) is 0 Å². The predicted molar refractivity (Wildman–Crippen MR) is 125 cm³/mol. The summed E-state index contributed by atoms with van der Waals surface area (Å²) in [6.45, 7) is 6.96. The summed E-state index contributed by atoms with van der Waals surface area (Å²) in [4.78, 5) is 24.3. The molecule has 0 saturated carbocycles. The van der Waals surface area contributed by atoms with Crippen LogP contribution in [0, 0.1) is 0 Å². The van der Waals surface area contributed by atoms with Crippen molar-refractivity contribution in [2.24, 2.45) is 0 Å². The summed E-state index contributed by atoms with van der Waals surface area (Å²) in [7, 11) is 1.59. The lowest BCUT2D eigenvalue weighted by molar-refractivity contribution is -0.123. The fourth-order valence-corrected chi connectivity index (χ4v) is 3.44. The quantitative estimate of drug-likeness (QED) is 0.372. The second kappa shape index (κ2) is 11.5. The van der Waals surface area contributed by atoms with Gasteiger partial charge in [-0.3, -0.25) is 20.4 Å². The number of amides is 2. The highest BCUT2D eigenvalue weighted by atomic mass is 79.9. The summed E-state index contributed by atoms with van der Waals surface area (Å²) in [6, 6.07) is 10.6. The van der Waals surface area contributed by atoms with Crippen molar-refractivity contribution >= 4 is 43.7 Å². The van der Waals surface area contributed by atoms with Crippen molar-refractivity contribution in [2.75, 3.05) is 26.9 Å². The van der Waals surface area contributed by atoms with Gasteiger partial charge in [0.05, 0.1) is 15.6 Å². The third kappa shape index (κ3) is 7.83. The van der Waals surface area contributed by atoms with Gasteiger partial charge in [0.25, 0.3) is 11.8 Å². The number of hydrogen-bond acceptors (Lipinski definition) is 5. The maximum Gasteiger partial charge on any atom is 0.276 e. The summed E-state index contributed by atoms with van der Waals surface area (Å²) in [6.07, 6.45) is 0. The molecule has 0 fully saturated rings. The van der Waals surface area contributed by atoms with Gasteiger partial charge in [-0.05, 0) is 73.2 Å². The number of benzene rings is 2. The molecule has 2 amide bonds. The highest BCUT2D eigenvalue weighted by Crippen LogP contribution is 2.31. The average molecular weight is 558 g/mol. The number of hydrazine groups is 1. The summed E-state index contributed by atoms with van der Waals surface area (Å²) >= 11 is 6.83. The first-order valence-corrected chi connectivity index (χ1v) is 11.1. The number of carbonyl (C=O) groups excluding carboxylic acids is 2. The van der Waals surface area contributed by atoms with Crippen molar-refractivity contribution in [3.8, 4) is 11.5 Å². The van der Waals surface area contributed by atoms with Crippen molar-refractivity contribution < 1.29 is 23.8 Å². The molecule has 2 aromatic carbocycles. The van der Waals surface area contributed by atoms with Gasteiger partial charge < -0.3 is 14.2 Å². The topological polar surface area (TPSA) is 85.9 Å². The van der Waals surface area contributed by atoms with E-state index in [4.69, 9.17) is 14.2 Å². The monoisotopic (exact) mass is 556 g/mol. The van der Waals surface area contributed by atoms with Crippen LogP contribution in [0.15, 0.2) is 45.3 Å². The SMILES string of the molecule is COCCOc1ccc(C(=O)NNC(=O)COc2ccc(C(C)(C)C)cc2Br)cc1Br. The van der Waals surface area contributed by atoms with Crippen molar-refractivity contribution in [2.45, 2.75) is 26.2 Å². The molecule has 0 spiro atoms. The molecule has 0 aliphatic carbocycles. The lowest BCUT2D eigenvalue weighted by Crippen LogP contribution is -2.43. The summed E-state index contributed by atoms with van der Waals surface area (Å²) < 4.78 is 17.4. The second-order valence-corrected chi connectivity index (χ2v) is 9.38. The van der Waals surface area contributed by atoms with Gasteiger partial charge in [0.1, 0.15) is 18.1 Å². The van der Waals surface area contributed by atoms with Crippen LogP contribution in [0.2, 0.25) is 0 Å². The molecule has 0 atom stereocenters. The standard InChI is InChI=1S/C22H26Br2N2O5/c1-22(2,3)15-6-8-19(17(24)12-15)31-13-20(27)25-26-21(28)14-5-7-18(16(23)11-14)30-10-9-29-4/h5-8,11-12H,9-10,13H2,1-4H3,(H,25,27)(H,26,28). The Morgan fingerprint density at radius 1 is 0.903 bits per heavy atom. The first-order valence-electron chi connectivity index (χ1n) is 9.55. The van der Waals surface area contributed by atoms with E-state index in [2.05, 4.69) is 63.5 Å². The summed E-state index contributed by atoms with van der Waals surface area (Å²) in [5.74, 6) is 0.184. The number of nitrogens with one attached hydrogen (secondary N) is 2. The van der Waals surface area contributed by atoms with E-state index in [1.165, 1.54) is 0 Å². The average Bonchev–Trinajstić information content (AvgIpc) is 2.71. The van der Waals surface area contributed by atoms with Crippen molar-refractivity contribution in [1.82, 2.24) is 10.9 Å². The molecule has 31 heavy (non-hydrogen) atoms. The smallest absolute Gasteiger partial charge is 0.276 e. The zero-order valence-electron chi connectivity index (χ0n) is 17.9. The van der Waals surface area contributed by atoms with E-state index in [1.807, 2.05) is 18.2 Å². The fourth-order valence-electron chi connectivity index (χ4n) is 2.46. The Morgan fingerprint density at radius 3 is 2.16 bits per heavy atom. The van der Waals surface area contributed by atoms with Crippen LogP contribution in [0.3, 0.4) is 0 Å². The van der Waals surface area contributed by atoms with Crippen LogP contribution in [0.5, 0.6) is 11.5 Å². The van der Waals surface area contributed by atoms with E-state index in [0.717, 1.165) is 10.0 Å². The number of rotatable bonds is 8. The number of ether oxygens (including phenoxy) is 3. The molecule has 168 valence electrons. The van der Waals surface area contributed by atoms with Crippen LogP contribution in [-0.2, 0) is 14.9 Å². The van der Waals surface area contributed by atoms with E-state index in [-0.39, 0.29) is 12.0 Å². The summed E-state index contributed by atoms with van der Waals surface area (Å²) in [5, 5.41) is 0. The van der Waals surface area contributed by atoms with Crippen LogP contribution in [0.25, 0.3) is 0 Å². The first-order chi connectivity index (χ1) is 14.6. The lowest BCUT2D eigenvalue weighted by Gasteiger charge is -2.20. The lowest BCUT2D eigenvalue weighted by atomic mass is 9.87. The van der Waals surface area contributed by atoms with E-state index in [9.17, 15) is 9.59 Å². The van der Waals surface area contributed by atoms with Gasteiger partial charge in [-0.2, -0.15) is 0 Å². The van der Waals surface area contributed by atoms with E-state index < -0.39 is 11.8 Å². The zero-order chi connectivity index (χ0) is 23.0. The minimum Gasteiger partial charge on any atom is -0.490 e.